The number of hydrogen-bond donors (Lipinski definition) is 1. The lowest BCUT2D eigenvalue weighted by molar-refractivity contribution is 0.0760. The monoisotopic (exact) mass is 215 g/mol. The Kier molecular flexibility index (Phi) is 8.07. The van der Waals surface area contributed by atoms with E-state index in [2.05, 4.69) is 39.9 Å². The molecule has 0 fully saturated rings. The first-order valence-electron chi connectivity index (χ1n) is 6.24. The zero-order valence-electron chi connectivity index (χ0n) is 11.2. The van der Waals surface area contributed by atoms with Gasteiger partial charge < -0.3 is 10.1 Å². The van der Waals surface area contributed by atoms with Gasteiger partial charge in [0.2, 0.25) is 0 Å². The van der Waals surface area contributed by atoms with Crippen LogP contribution >= 0.6 is 0 Å². The topological polar surface area (TPSA) is 21.3 Å². The Morgan fingerprint density at radius 1 is 1.07 bits per heavy atom. The summed E-state index contributed by atoms with van der Waals surface area (Å²) in [4.78, 5) is 0. The summed E-state index contributed by atoms with van der Waals surface area (Å²) in [6.45, 7) is 14.2. The van der Waals surface area contributed by atoms with Gasteiger partial charge in [-0.2, -0.15) is 0 Å². The summed E-state index contributed by atoms with van der Waals surface area (Å²) in [5.74, 6) is 0. The molecule has 15 heavy (non-hydrogen) atoms. The van der Waals surface area contributed by atoms with E-state index in [4.69, 9.17) is 4.74 Å². The minimum Gasteiger partial charge on any atom is -0.379 e. The van der Waals surface area contributed by atoms with Crippen molar-refractivity contribution in [2.45, 2.75) is 60.0 Å². The van der Waals surface area contributed by atoms with Crippen LogP contribution in [0, 0.1) is 5.41 Å². The molecule has 0 atom stereocenters. The summed E-state index contributed by atoms with van der Waals surface area (Å²) in [7, 11) is 0. The van der Waals surface area contributed by atoms with Crippen molar-refractivity contribution in [1.29, 1.82) is 0 Å². The van der Waals surface area contributed by atoms with E-state index in [-0.39, 0.29) is 0 Å². The van der Waals surface area contributed by atoms with Crippen molar-refractivity contribution in [3.8, 4) is 0 Å². The molecule has 0 rings (SSSR count). The molecule has 0 aliphatic carbocycles. The van der Waals surface area contributed by atoms with Crippen LogP contribution in [0.5, 0.6) is 0 Å². The predicted molar refractivity (Wildman–Crippen MR) is 67.3 cm³/mol. The van der Waals surface area contributed by atoms with Gasteiger partial charge in [-0.05, 0) is 51.6 Å². The van der Waals surface area contributed by atoms with Crippen LogP contribution < -0.4 is 5.32 Å². The molecule has 0 aromatic heterocycles. The molecule has 0 saturated heterocycles. The average molecular weight is 215 g/mol. The number of unbranched alkanes of at least 4 members (excludes halogenated alkanes) is 1. The molecule has 0 heterocycles. The maximum Gasteiger partial charge on any atom is 0.0518 e. The molecule has 2 nitrogen and oxygen atoms in total. The van der Waals surface area contributed by atoms with E-state index in [9.17, 15) is 0 Å². The highest BCUT2D eigenvalue weighted by Gasteiger charge is 2.08. The minimum atomic E-state index is 0.374. The molecule has 0 bridgehead atoms. The minimum absolute atomic E-state index is 0.374. The first-order chi connectivity index (χ1) is 6.92. The highest BCUT2D eigenvalue weighted by Crippen LogP contribution is 2.16. The molecule has 0 aliphatic rings. The summed E-state index contributed by atoms with van der Waals surface area (Å²) in [5.41, 5.74) is 0.452. The third-order valence-electron chi connectivity index (χ3n) is 2.25. The van der Waals surface area contributed by atoms with Crippen molar-refractivity contribution in [3.05, 3.63) is 0 Å². The zero-order chi connectivity index (χ0) is 11.7. The van der Waals surface area contributed by atoms with Gasteiger partial charge in [-0.3, -0.25) is 0 Å². The summed E-state index contributed by atoms with van der Waals surface area (Å²) < 4.78 is 5.47. The summed E-state index contributed by atoms with van der Waals surface area (Å²) in [6.07, 6.45) is 4.01. The Labute approximate surface area is 95.8 Å². The largest absolute Gasteiger partial charge is 0.379 e. The Balaban J connectivity index is 3.06. The van der Waals surface area contributed by atoms with E-state index in [0.717, 1.165) is 19.7 Å². The average Bonchev–Trinajstić information content (AvgIpc) is 2.07. The Morgan fingerprint density at radius 3 is 2.27 bits per heavy atom. The van der Waals surface area contributed by atoms with Crippen molar-refractivity contribution < 1.29 is 4.74 Å². The normalized spacial score (nSPS) is 12.4. The molecule has 0 aromatic carbocycles. The van der Waals surface area contributed by atoms with Crippen molar-refractivity contribution >= 4 is 0 Å². The predicted octanol–water partition coefficient (Wildman–Crippen LogP) is 3.22. The molecule has 0 amide bonds. The van der Waals surface area contributed by atoms with E-state index in [1.807, 2.05) is 0 Å². The van der Waals surface area contributed by atoms with Crippen LogP contribution in [0.1, 0.15) is 53.9 Å². The quantitative estimate of drug-likeness (QED) is 0.628. The smallest absolute Gasteiger partial charge is 0.0518 e. The Morgan fingerprint density at radius 2 is 1.73 bits per heavy atom. The van der Waals surface area contributed by atoms with Gasteiger partial charge in [-0.25, -0.2) is 0 Å². The summed E-state index contributed by atoms with van der Waals surface area (Å²) in [6, 6.07) is 0. The van der Waals surface area contributed by atoms with Gasteiger partial charge in [0.15, 0.2) is 0 Å². The first kappa shape index (κ1) is 14.9. The standard InChI is InChI=1S/C13H29NO/c1-12(2)15-11-7-6-9-14-10-8-13(3,4)5/h12,14H,6-11H2,1-5H3. The SMILES string of the molecule is CC(C)OCCCCNCCC(C)(C)C. The number of hydrogen-bond acceptors (Lipinski definition) is 2. The van der Waals surface area contributed by atoms with Crippen LogP contribution in [-0.2, 0) is 4.74 Å². The van der Waals surface area contributed by atoms with E-state index in [1.54, 1.807) is 0 Å². The van der Waals surface area contributed by atoms with Crippen molar-refractivity contribution in [2.75, 3.05) is 19.7 Å². The molecule has 0 aliphatic heterocycles. The molecule has 92 valence electrons. The van der Waals surface area contributed by atoms with Gasteiger partial charge in [0, 0.05) is 6.61 Å². The van der Waals surface area contributed by atoms with Crippen LogP contribution in [-0.4, -0.2) is 25.8 Å². The molecule has 0 spiro atoms. The fourth-order valence-electron chi connectivity index (χ4n) is 1.26. The Hall–Kier alpha value is -0.0800. The number of nitrogens with one attached hydrogen (secondary N) is 1. The van der Waals surface area contributed by atoms with Crippen LogP contribution in [0.3, 0.4) is 0 Å². The van der Waals surface area contributed by atoms with Gasteiger partial charge >= 0.3 is 0 Å². The molecule has 0 aromatic rings. The summed E-state index contributed by atoms with van der Waals surface area (Å²) in [5, 5.41) is 3.47. The van der Waals surface area contributed by atoms with Crippen LogP contribution in [0.15, 0.2) is 0 Å². The van der Waals surface area contributed by atoms with E-state index in [0.29, 0.717) is 11.5 Å². The molecule has 1 N–H and O–H groups in total. The second-order valence-corrected chi connectivity index (χ2v) is 5.69. The van der Waals surface area contributed by atoms with Crippen LogP contribution in [0.25, 0.3) is 0 Å². The lowest BCUT2D eigenvalue weighted by Crippen LogP contribution is -2.21. The number of ether oxygens (including phenoxy) is 1. The number of rotatable bonds is 8. The molecule has 2 heteroatoms. The van der Waals surface area contributed by atoms with E-state index in [1.165, 1.54) is 19.3 Å². The van der Waals surface area contributed by atoms with Crippen molar-refractivity contribution in [2.24, 2.45) is 5.41 Å². The second-order valence-electron chi connectivity index (χ2n) is 5.69. The molecule has 0 saturated carbocycles. The van der Waals surface area contributed by atoms with Gasteiger partial charge in [-0.15, -0.1) is 0 Å². The molecule has 0 unspecified atom stereocenters. The fraction of sp³-hybridized carbons (Fsp3) is 1.00. The fourth-order valence-corrected chi connectivity index (χ4v) is 1.26. The summed E-state index contributed by atoms with van der Waals surface area (Å²) >= 11 is 0. The van der Waals surface area contributed by atoms with Gasteiger partial charge in [0.1, 0.15) is 0 Å². The highest BCUT2D eigenvalue weighted by molar-refractivity contribution is 4.62. The maximum absolute atomic E-state index is 5.47. The lowest BCUT2D eigenvalue weighted by Gasteiger charge is -2.18. The Bertz CT molecular complexity index is 138. The second kappa shape index (κ2) is 8.12. The van der Waals surface area contributed by atoms with E-state index < -0.39 is 0 Å². The van der Waals surface area contributed by atoms with Gasteiger partial charge in [0.25, 0.3) is 0 Å². The highest BCUT2D eigenvalue weighted by atomic mass is 16.5. The van der Waals surface area contributed by atoms with Crippen molar-refractivity contribution in [3.63, 3.8) is 0 Å². The van der Waals surface area contributed by atoms with Gasteiger partial charge in [-0.1, -0.05) is 20.8 Å². The first-order valence-corrected chi connectivity index (χ1v) is 6.24. The third-order valence-corrected chi connectivity index (χ3v) is 2.25. The van der Waals surface area contributed by atoms with Crippen LogP contribution in [0.4, 0.5) is 0 Å². The van der Waals surface area contributed by atoms with Gasteiger partial charge in [0.05, 0.1) is 6.10 Å². The lowest BCUT2D eigenvalue weighted by atomic mass is 9.92. The van der Waals surface area contributed by atoms with E-state index >= 15 is 0 Å². The maximum atomic E-state index is 5.47. The third kappa shape index (κ3) is 13.9. The van der Waals surface area contributed by atoms with Crippen LogP contribution in [0.2, 0.25) is 0 Å². The molecule has 0 radical (unpaired) electrons. The zero-order valence-corrected chi connectivity index (χ0v) is 11.2. The van der Waals surface area contributed by atoms with Crippen molar-refractivity contribution in [1.82, 2.24) is 5.32 Å². The molecular weight excluding hydrogens is 186 g/mol. The molecular formula is C13H29NO.